The first kappa shape index (κ1) is 15.0. The molecule has 0 bridgehead atoms. The van der Waals surface area contributed by atoms with Crippen molar-refractivity contribution in [1.29, 1.82) is 0 Å². The van der Waals surface area contributed by atoms with E-state index < -0.39 is 0 Å². The number of methoxy groups -OCH3 is 1. The predicted octanol–water partition coefficient (Wildman–Crippen LogP) is 2.71. The minimum Gasteiger partial charge on any atom is -0.383 e. The summed E-state index contributed by atoms with van der Waals surface area (Å²) in [5.41, 5.74) is 9.58. The quantitative estimate of drug-likeness (QED) is 0.808. The maximum atomic E-state index is 5.85. The third kappa shape index (κ3) is 3.72. The van der Waals surface area contributed by atoms with Gasteiger partial charge in [-0.2, -0.15) is 0 Å². The molecule has 1 aromatic rings. The van der Waals surface area contributed by atoms with Gasteiger partial charge in [-0.15, -0.1) is 0 Å². The van der Waals surface area contributed by atoms with Crippen molar-refractivity contribution in [3.63, 3.8) is 0 Å². The molecular formula is C15H26N2O. The molecule has 0 spiro atoms. The maximum Gasteiger partial charge on any atom is 0.0637 e. The van der Waals surface area contributed by atoms with Gasteiger partial charge in [0.2, 0.25) is 0 Å². The average molecular weight is 250 g/mol. The maximum absolute atomic E-state index is 5.85. The van der Waals surface area contributed by atoms with Crippen LogP contribution in [0.2, 0.25) is 0 Å². The van der Waals surface area contributed by atoms with Crippen LogP contribution in [0.5, 0.6) is 0 Å². The number of rotatable bonds is 7. The Kier molecular flexibility index (Phi) is 6.16. The SMILES string of the molecule is CCC(C)N(CCOC)c1cc(C)ccc1CN. The van der Waals surface area contributed by atoms with Crippen LogP contribution in [0, 0.1) is 6.92 Å². The van der Waals surface area contributed by atoms with Crippen LogP contribution in [-0.4, -0.2) is 26.3 Å². The summed E-state index contributed by atoms with van der Waals surface area (Å²) in [5.74, 6) is 0. The van der Waals surface area contributed by atoms with Gasteiger partial charge in [-0.25, -0.2) is 0 Å². The van der Waals surface area contributed by atoms with E-state index in [2.05, 4.69) is 43.9 Å². The molecule has 1 aromatic carbocycles. The van der Waals surface area contributed by atoms with Crippen molar-refractivity contribution in [2.45, 2.75) is 39.8 Å². The predicted molar refractivity (Wildman–Crippen MR) is 78.0 cm³/mol. The monoisotopic (exact) mass is 250 g/mol. The molecule has 0 aliphatic carbocycles. The third-order valence-corrected chi connectivity index (χ3v) is 3.43. The molecule has 0 amide bonds. The van der Waals surface area contributed by atoms with E-state index in [1.807, 2.05) is 0 Å². The van der Waals surface area contributed by atoms with Crippen LogP contribution in [0.4, 0.5) is 5.69 Å². The lowest BCUT2D eigenvalue weighted by Gasteiger charge is -2.32. The Balaban J connectivity index is 3.05. The van der Waals surface area contributed by atoms with Crippen LogP contribution in [0.25, 0.3) is 0 Å². The molecule has 0 radical (unpaired) electrons. The molecule has 0 aromatic heterocycles. The van der Waals surface area contributed by atoms with Crippen molar-refractivity contribution in [2.24, 2.45) is 5.73 Å². The summed E-state index contributed by atoms with van der Waals surface area (Å²) in [5, 5.41) is 0. The minimum atomic E-state index is 0.493. The van der Waals surface area contributed by atoms with Crippen molar-refractivity contribution in [1.82, 2.24) is 0 Å². The molecule has 2 N–H and O–H groups in total. The largest absolute Gasteiger partial charge is 0.383 e. The molecule has 0 saturated heterocycles. The zero-order valence-electron chi connectivity index (χ0n) is 12.1. The fourth-order valence-corrected chi connectivity index (χ4v) is 2.10. The van der Waals surface area contributed by atoms with Crippen LogP contribution in [0.15, 0.2) is 18.2 Å². The van der Waals surface area contributed by atoms with E-state index in [1.165, 1.54) is 16.8 Å². The van der Waals surface area contributed by atoms with Gasteiger partial charge in [0, 0.05) is 31.9 Å². The normalized spacial score (nSPS) is 12.5. The topological polar surface area (TPSA) is 38.5 Å². The van der Waals surface area contributed by atoms with Crippen molar-refractivity contribution < 1.29 is 4.74 Å². The van der Waals surface area contributed by atoms with Gasteiger partial charge in [-0.3, -0.25) is 0 Å². The summed E-state index contributed by atoms with van der Waals surface area (Å²) in [6, 6.07) is 6.97. The van der Waals surface area contributed by atoms with E-state index in [0.29, 0.717) is 12.6 Å². The average Bonchev–Trinajstić information content (AvgIpc) is 2.39. The molecule has 0 heterocycles. The molecule has 1 unspecified atom stereocenters. The number of ether oxygens (including phenoxy) is 1. The molecule has 1 atom stereocenters. The van der Waals surface area contributed by atoms with Crippen molar-refractivity contribution >= 4 is 5.69 Å². The highest BCUT2D eigenvalue weighted by Gasteiger charge is 2.15. The van der Waals surface area contributed by atoms with E-state index in [0.717, 1.165) is 19.6 Å². The van der Waals surface area contributed by atoms with Gasteiger partial charge in [0.05, 0.1) is 6.61 Å². The zero-order valence-corrected chi connectivity index (χ0v) is 12.1. The number of nitrogens with zero attached hydrogens (tertiary/aromatic N) is 1. The van der Waals surface area contributed by atoms with Crippen molar-refractivity contribution in [2.75, 3.05) is 25.2 Å². The molecule has 18 heavy (non-hydrogen) atoms. The van der Waals surface area contributed by atoms with E-state index in [4.69, 9.17) is 10.5 Å². The first-order valence-electron chi connectivity index (χ1n) is 6.69. The molecule has 0 saturated carbocycles. The lowest BCUT2D eigenvalue weighted by atomic mass is 10.1. The van der Waals surface area contributed by atoms with Gasteiger partial charge in [-0.05, 0) is 37.5 Å². The second kappa shape index (κ2) is 7.39. The molecule has 0 aliphatic rings. The van der Waals surface area contributed by atoms with E-state index in [1.54, 1.807) is 7.11 Å². The Bertz CT molecular complexity index is 366. The second-order valence-electron chi connectivity index (χ2n) is 4.78. The van der Waals surface area contributed by atoms with Crippen LogP contribution in [-0.2, 0) is 11.3 Å². The van der Waals surface area contributed by atoms with Gasteiger partial charge < -0.3 is 15.4 Å². The summed E-state index contributed by atoms with van der Waals surface area (Å²) < 4.78 is 5.22. The lowest BCUT2D eigenvalue weighted by Crippen LogP contribution is -2.36. The van der Waals surface area contributed by atoms with Gasteiger partial charge in [0.25, 0.3) is 0 Å². The number of nitrogens with two attached hydrogens (primary N) is 1. The summed E-state index contributed by atoms with van der Waals surface area (Å²) in [4.78, 5) is 2.40. The Morgan fingerprint density at radius 3 is 2.67 bits per heavy atom. The highest BCUT2D eigenvalue weighted by molar-refractivity contribution is 5.56. The van der Waals surface area contributed by atoms with Crippen LogP contribution in [0.1, 0.15) is 31.4 Å². The highest BCUT2D eigenvalue weighted by atomic mass is 16.5. The van der Waals surface area contributed by atoms with E-state index >= 15 is 0 Å². The molecule has 3 heteroatoms. The Labute approximate surface area is 111 Å². The van der Waals surface area contributed by atoms with Gasteiger partial charge >= 0.3 is 0 Å². The minimum absolute atomic E-state index is 0.493. The fraction of sp³-hybridized carbons (Fsp3) is 0.600. The number of hydrogen-bond donors (Lipinski definition) is 1. The molecule has 3 nitrogen and oxygen atoms in total. The third-order valence-electron chi connectivity index (χ3n) is 3.43. The molecule has 1 rings (SSSR count). The summed E-state index contributed by atoms with van der Waals surface area (Å²) >= 11 is 0. The van der Waals surface area contributed by atoms with Crippen molar-refractivity contribution in [3.8, 4) is 0 Å². The van der Waals surface area contributed by atoms with Gasteiger partial charge in [-0.1, -0.05) is 19.1 Å². The molecule has 102 valence electrons. The van der Waals surface area contributed by atoms with E-state index in [9.17, 15) is 0 Å². The highest BCUT2D eigenvalue weighted by Crippen LogP contribution is 2.24. The van der Waals surface area contributed by atoms with Gasteiger partial charge in [0.1, 0.15) is 0 Å². The van der Waals surface area contributed by atoms with Gasteiger partial charge in [0.15, 0.2) is 0 Å². The number of aryl methyl sites for hydroxylation is 1. The van der Waals surface area contributed by atoms with Crippen molar-refractivity contribution in [3.05, 3.63) is 29.3 Å². The summed E-state index contributed by atoms with van der Waals surface area (Å²) in [6.45, 7) is 8.80. The Hall–Kier alpha value is -1.06. The van der Waals surface area contributed by atoms with Crippen LogP contribution in [0.3, 0.4) is 0 Å². The smallest absolute Gasteiger partial charge is 0.0637 e. The zero-order chi connectivity index (χ0) is 13.5. The molecule has 0 aliphatic heterocycles. The summed E-state index contributed by atoms with van der Waals surface area (Å²) in [6.07, 6.45) is 1.11. The summed E-state index contributed by atoms with van der Waals surface area (Å²) in [7, 11) is 1.74. The Morgan fingerprint density at radius 2 is 2.11 bits per heavy atom. The van der Waals surface area contributed by atoms with Crippen LogP contribution < -0.4 is 10.6 Å². The molecule has 0 fully saturated rings. The number of anilines is 1. The first-order chi connectivity index (χ1) is 8.63. The number of benzene rings is 1. The number of hydrogen-bond acceptors (Lipinski definition) is 3. The second-order valence-corrected chi connectivity index (χ2v) is 4.78. The van der Waals surface area contributed by atoms with E-state index in [-0.39, 0.29) is 0 Å². The van der Waals surface area contributed by atoms with Crippen LogP contribution >= 0.6 is 0 Å². The molecular weight excluding hydrogens is 224 g/mol. The standard InChI is InChI=1S/C15H26N2O/c1-5-13(3)17(8-9-18-4)15-10-12(2)6-7-14(15)11-16/h6-7,10,13H,5,8-9,11,16H2,1-4H3. The lowest BCUT2D eigenvalue weighted by molar-refractivity contribution is 0.203. The first-order valence-corrected chi connectivity index (χ1v) is 6.69. The fourth-order valence-electron chi connectivity index (χ4n) is 2.10. The Morgan fingerprint density at radius 1 is 1.39 bits per heavy atom.